The monoisotopic (exact) mass is 425 g/mol. The molecule has 0 saturated heterocycles. The van der Waals surface area contributed by atoms with Crippen molar-refractivity contribution in [3.05, 3.63) is 30.5 Å². The molecule has 4 rings (SSSR count). The molecule has 1 saturated carbocycles. The van der Waals surface area contributed by atoms with Crippen molar-refractivity contribution in [1.82, 2.24) is 24.6 Å². The first-order valence-electron chi connectivity index (χ1n) is 11.1. The van der Waals surface area contributed by atoms with E-state index in [1.54, 1.807) is 0 Å². The minimum absolute atomic E-state index is 0.0988. The smallest absolute Gasteiger partial charge is 0.230 e. The van der Waals surface area contributed by atoms with Crippen molar-refractivity contribution in [2.45, 2.75) is 76.7 Å². The van der Waals surface area contributed by atoms with Crippen LogP contribution in [0.3, 0.4) is 0 Å². The molecular formula is C23H31N5OS. The van der Waals surface area contributed by atoms with Gasteiger partial charge in [0.15, 0.2) is 11.0 Å². The van der Waals surface area contributed by atoms with Crippen LogP contribution in [-0.2, 0) is 17.9 Å². The quantitative estimate of drug-likeness (QED) is 0.433. The van der Waals surface area contributed by atoms with Crippen LogP contribution in [0.15, 0.2) is 35.6 Å². The number of rotatable bonds is 7. The summed E-state index contributed by atoms with van der Waals surface area (Å²) in [6.45, 7) is 5.92. The first-order chi connectivity index (χ1) is 14.7. The molecule has 1 aromatic carbocycles. The highest BCUT2D eigenvalue weighted by atomic mass is 32.2. The van der Waals surface area contributed by atoms with E-state index in [9.17, 15) is 4.79 Å². The van der Waals surface area contributed by atoms with Gasteiger partial charge in [-0.05, 0) is 32.8 Å². The second kappa shape index (κ2) is 9.69. The number of amides is 1. The van der Waals surface area contributed by atoms with Gasteiger partial charge in [-0.25, -0.2) is 0 Å². The maximum Gasteiger partial charge on any atom is 0.230 e. The molecule has 30 heavy (non-hydrogen) atoms. The third-order valence-corrected chi connectivity index (χ3v) is 6.92. The summed E-state index contributed by atoms with van der Waals surface area (Å²) in [5.74, 6) is 1.35. The Morgan fingerprint density at radius 3 is 2.60 bits per heavy atom. The first-order valence-corrected chi connectivity index (χ1v) is 12.1. The number of aromatic nitrogens is 4. The van der Waals surface area contributed by atoms with Crippen LogP contribution in [0.5, 0.6) is 0 Å². The highest BCUT2D eigenvalue weighted by Crippen LogP contribution is 2.31. The molecule has 1 amide bonds. The van der Waals surface area contributed by atoms with Gasteiger partial charge in [0, 0.05) is 41.8 Å². The number of aryl methyl sites for hydroxylation is 1. The molecule has 3 aromatic rings. The van der Waals surface area contributed by atoms with E-state index < -0.39 is 0 Å². The van der Waals surface area contributed by atoms with Crippen LogP contribution >= 0.6 is 11.8 Å². The molecule has 7 heteroatoms. The zero-order chi connectivity index (χ0) is 20.9. The Labute approximate surface area is 182 Å². The van der Waals surface area contributed by atoms with Crippen LogP contribution in [-0.4, -0.2) is 37.0 Å². The fourth-order valence-corrected chi connectivity index (χ4v) is 5.20. The number of fused-ring (bicyclic) bond motifs is 1. The van der Waals surface area contributed by atoms with Gasteiger partial charge in [-0.15, -0.1) is 10.2 Å². The van der Waals surface area contributed by atoms with E-state index in [0.717, 1.165) is 42.5 Å². The van der Waals surface area contributed by atoms with E-state index in [-0.39, 0.29) is 5.91 Å². The second-order valence-electron chi connectivity index (χ2n) is 7.94. The Morgan fingerprint density at radius 2 is 1.87 bits per heavy atom. The molecule has 0 radical (unpaired) electrons. The molecule has 1 aliphatic rings. The Balaban J connectivity index is 1.50. The lowest BCUT2D eigenvalue weighted by Gasteiger charge is -2.16. The zero-order valence-electron chi connectivity index (χ0n) is 17.9. The average molecular weight is 426 g/mol. The van der Waals surface area contributed by atoms with Gasteiger partial charge in [-0.3, -0.25) is 4.79 Å². The lowest BCUT2D eigenvalue weighted by atomic mass is 10.1. The van der Waals surface area contributed by atoms with Crippen LogP contribution in [0.1, 0.15) is 52.4 Å². The van der Waals surface area contributed by atoms with Crippen molar-refractivity contribution in [2.24, 2.45) is 0 Å². The number of hydrogen-bond donors (Lipinski definition) is 1. The summed E-state index contributed by atoms with van der Waals surface area (Å²) in [4.78, 5) is 12.5. The predicted molar refractivity (Wildman–Crippen MR) is 123 cm³/mol. The highest BCUT2D eigenvalue weighted by Gasteiger charge is 2.20. The van der Waals surface area contributed by atoms with E-state index in [1.807, 2.05) is 0 Å². The van der Waals surface area contributed by atoms with Crippen LogP contribution in [0.2, 0.25) is 0 Å². The van der Waals surface area contributed by atoms with Crippen LogP contribution in [0.25, 0.3) is 22.3 Å². The molecule has 0 atom stereocenters. The summed E-state index contributed by atoms with van der Waals surface area (Å²) >= 11 is 1.48. The van der Waals surface area contributed by atoms with Crippen molar-refractivity contribution in [3.63, 3.8) is 0 Å². The Kier molecular flexibility index (Phi) is 6.77. The minimum atomic E-state index is 0.0988. The SMILES string of the molecule is CCn1c(SCC(=O)NC2CCCCCC2)nnc1-c1cn(CC)c2ccccc12. The van der Waals surface area contributed by atoms with Gasteiger partial charge in [0.2, 0.25) is 5.91 Å². The average Bonchev–Trinajstić information content (AvgIpc) is 3.24. The standard InChI is InChI=1S/C23H31N5OS/c1-3-27-15-19(18-13-9-10-14-20(18)27)22-25-26-23(28(22)4-2)30-16-21(29)24-17-11-7-5-6-8-12-17/h9-10,13-15,17H,3-8,11-12,16H2,1-2H3,(H,24,29). The number of carbonyl (C=O) groups excluding carboxylic acids is 1. The van der Waals surface area contributed by atoms with Crippen LogP contribution < -0.4 is 5.32 Å². The van der Waals surface area contributed by atoms with E-state index in [0.29, 0.717) is 11.8 Å². The van der Waals surface area contributed by atoms with E-state index in [4.69, 9.17) is 0 Å². The van der Waals surface area contributed by atoms with Crippen molar-refractivity contribution in [3.8, 4) is 11.4 Å². The maximum absolute atomic E-state index is 12.5. The summed E-state index contributed by atoms with van der Waals surface area (Å²) < 4.78 is 4.36. The normalized spacial score (nSPS) is 15.4. The molecule has 6 nitrogen and oxygen atoms in total. The summed E-state index contributed by atoms with van der Waals surface area (Å²) in [6.07, 6.45) is 9.39. The van der Waals surface area contributed by atoms with Gasteiger partial charge in [0.05, 0.1) is 5.75 Å². The summed E-state index contributed by atoms with van der Waals surface area (Å²) in [7, 11) is 0. The Morgan fingerprint density at radius 1 is 1.10 bits per heavy atom. The zero-order valence-corrected chi connectivity index (χ0v) is 18.7. The Bertz CT molecular complexity index is 1000. The molecule has 2 heterocycles. The molecular weight excluding hydrogens is 394 g/mol. The van der Waals surface area contributed by atoms with Gasteiger partial charge in [0.25, 0.3) is 0 Å². The number of benzene rings is 1. The summed E-state index contributed by atoms with van der Waals surface area (Å²) in [5.41, 5.74) is 2.30. The lowest BCUT2D eigenvalue weighted by Crippen LogP contribution is -2.35. The molecule has 1 fully saturated rings. The largest absolute Gasteiger partial charge is 0.353 e. The van der Waals surface area contributed by atoms with E-state index in [1.165, 1.54) is 48.3 Å². The Hall–Kier alpha value is -2.28. The van der Waals surface area contributed by atoms with Gasteiger partial charge < -0.3 is 14.5 Å². The number of nitrogens with one attached hydrogen (secondary N) is 1. The third-order valence-electron chi connectivity index (χ3n) is 5.96. The molecule has 1 aliphatic carbocycles. The van der Waals surface area contributed by atoms with Crippen molar-refractivity contribution < 1.29 is 4.79 Å². The van der Waals surface area contributed by atoms with Crippen molar-refractivity contribution >= 4 is 28.6 Å². The molecule has 2 aromatic heterocycles. The van der Waals surface area contributed by atoms with E-state index >= 15 is 0 Å². The third kappa shape index (κ3) is 4.41. The maximum atomic E-state index is 12.5. The molecule has 1 N–H and O–H groups in total. The fourth-order valence-electron chi connectivity index (χ4n) is 4.39. The predicted octanol–water partition coefficient (Wildman–Crippen LogP) is 4.87. The van der Waals surface area contributed by atoms with Crippen molar-refractivity contribution in [2.75, 3.05) is 5.75 Å². The number of nitrogens with zero attached hydrogens (tertiary/aromatic N) is 4. The van der Waals surface area contributed by atoms with E-state index in [2.05, 4.69) is 69.0 Å². The number of carbonyl (C=O) groups is 1. The molecule has 0 spiro atoms. The van der Waals surface area contributed by atoms with Crippen molar-refractivity contribution in [1.29, 1.82) is 0 Å². The molecule has 160 valence electrons. The van der Waals surface area contributed by atoms with Crippen LogP contribution in [0, 0.1) is 0 Å². The minimum Gasteiger partial charge on any atom is -0.353 e. The molecule has 0 unspecified atom stereocenters. The lowest BCUT2D eigenvalue weighted by molar-refractivity contribution is -0.119. The highest BCUT2D eigenvalue weighted by molar-refractivity contribution is 7.99. The summed E-state index contributed by atoms with van der Waals surface area (Å²) in [6, 6.07) is 8.74. The number of para-hydroxylation sites is 1. The van der Waals surface area contributed by atoms with Gasteiger partial charge in [-0.2, -0.15) is 0 Å². The molecule has 0 aliphatic heterocycles. The summed E-state index contributed by atoms with van der Waals surface area (Å²) in [5, 5.41) is 14.1. The van der Waals surface area contributed by atoms with Crippen LogP contribution in [0.4, 0.5) is 0 Å². The van der Waals surface area contributed by atoms with Gasteiger partial charge in [0.1, 0.15) is 0 Å². The number of thioether (sulfide) groups is 1. The molecule has 0 bridgehead atoms. The first kappa shape index (κ1) is 21.0. The van der Waals surface area contributed by atoms with Gasteiger partial charge in [-0.1, -0.05) is 55.6 Å². The second-order valence-corrected chi connectivity index (χ2v) is 8.88. The number of hydrogen-bond acceptors (Lipinski definition) is 4. The fraction of sp³-hybridized carbons (Fsp3) is 0.522. The van der Waals surface area contributed by atoms with Gasteiger partial charge >= 0.3 is 0 Å². The topological polar surface area (TPSA) is 64.7 Å².